The summed E-state index contributed by atoms with van der Waals surface area (Å²) >= 11 is 1.41. The van der Waals surface area contributed by atoms with Crippen molar-refractivity contribution in [2.45, 2.75) is 19.9 Å². The number of aromatic nitrogens is 1. The lowest BCUT2D eigenvalue weighted by Crippen LogP contribution is -2.25. The van der Waals surface area contributed by atoms with Crippen LogP contribution in [0.5, 0.6) is 0 Å². The van der Waals surface area contributed by atoms with E-state index in [9.17, 15) is 4.79 Å². The summed E-state index contributed by atoms with van der Waals surface area (Å²) in [6.07, 6.45) is 1.63. The molecule has 1 N–H and O–H groups in total. The smallest absolute Gasteiger partial charge is 0.263 e. The Morgan fingerprint density at radius 3 is 2.67 bits per heavy atom. The van der Waals surface area contributed by atoms with Crippen LogP contribution < -0.4 is 5.32 Å². The van der Waals surface area contributed by atoms with Crippen LogP contribution in [0.25, 0.3) is 10.8 Å². The fourth-order valence-corrected chi connectivity index (χ4v) is 2.98. The van der Waals surface area contributed by atoms with Gasteiger partial charge >= 0.3 is 0 Å². The molecule has 0 aliphatic rings. The molecule has 0 saturated carbocycles. The fraction of sp³-hybridized carbons (Fsp3) is 0.176. The van der Waals surface area contributed by atoms with Gasteiger partial charge in [-0.1, -0.05) is 36.4 Å². The molecule has 3 nitrogen and oxygen atoms in total. The third-order valence-corrected chi connectivity index (χ3v) is 4.38. The quantitative estimate of drug-likeness (QED) is 0.790. The SMILES string of the molecule is Cc1ncc(C(=O)N[C@H](C)c2ccc3ccccc3c2)s1. The Bertz CT molecular complexity index is 794. The highest BCUT2D eigenvalue weighted by Crippen LogP contribution is 2.21. The Morgan fingerprint density at radius 2 is 1.95 bits per heavy atom. The predicted molar refractivity (Wildman–Crippen MR) is 86.7 cm³/mol. The summed E-state index contributed by atoms with van der Waals surface area (Å²) in [4.78, 5) is 16.9. The molecule has 4 heteroatoms. The highest BCUT2D eigenvalue weighted by Gasteiger charge is 2.13. The van der Waals surface area contributed by atoms with Gasteiger partial charge in [0.05, 0.1) is 17.2 Å². The van der Waals surface area contributed by atoms with Gasteiger partial charge in [0.25, 0.3) is 5.91 Å². The van der Waals surface area contributed by atoms with E-state index in [1.807, 2.05) is 26.0 Å². The molecule has 0 aliphatic carbocycles. The Morgan fingerprint density at radius 1 is 1.19 bits per heavy atom. The van der Waals surface area contributed by atoms with Crippen molar-refractivity contribution in [3.05, 3.63) is 64.1 Å². The van der Waals surface area contributed by atoms with E-state index in [2.05, 4.69) is 40.6 Å². The number of benzene rings is 2. The van der Waals surface area contributed by atoms with Crippen molar-refractivity contribution in [1.82, 2.24) is 10.3 Å². The predicted octanol–water partition coefficient (Wildman–Crippen LogP) is 4.10. The summed E-state index contributed by atoms with van der Waals surface area (Å²) in [5.41, 5.74) is 1.10. The number of amides is 1. The maximum atomic E-state index is 12.2. The number of nitrogens with one attached hydrogen (secondary N) is 1. The number of thiazole rings is 1. The van der Waals surface area contributed by atoms with Crippen LogP contribution in [-0.2, 0) is 0 Å². The summed E-state index contributed by atoms with van der Waals surface area (Å²) in [5.74, 6) is -0.0683. The monoisotopic (exact) mass is 296 g/mol. The molecule has 0 unspecified atom stereocenters. The zero-order valence-electron chi connectivity index (χ0n) is 12.0. The van der Waals surface area contributed by atoms with Crippen LogP contribution >= 0.6 is 11.3 Å². The Kier molecular flexibility index (Phi) is 3.71. The van der Waals surface area contributed by atoms with Crippen molar-refractivity contribution in [1.29, 1.82) is 0 Å². The van der Waals surface area contributed by atoms with Gasteiger partial charge in [0.15, 0.2) is 0 Å². The first-order valence-corrected chi connectivity index (χ1v) is 7.67. The molecule has 0 radical (unpaired) electrons. The van der Waals surface area contributed by atoms with Gasteiger partial charge in [-0.05, 0) is 36.2 Å². The molecular formula is C17H16N2OS. The molecule has 1 atom stereocenters. The first-order chi connectivity index (χ1) is 10.1. The van der Waals surface area contributed by atoms with Gasteiger partial charge in [-0.3, -0.25) is 4.79 Å². The molecule has 0 fully saturated rings. The van der Waals surface area contributed by atoms with Crippen molar-refractivity contribution in [2.24, 2.45) is 0 Å². The van der Waals surface area contributed by atoms with Crippen LogP contribution in [-0.4, -0.2) is 10.9 Å². The first kappa shape index (κ1) is 13.8. The fourth-order valence-electron chi connectivity index (χ4n) is 2.29. The number of nitrogens with zero attached hydrogens (tertiary/aromatic N) is 1. The lowest BCUT2D eigenvalue weighted by Gasteiger charge is -2.14. The summed E-state index contributed by atoms with van der Waals surface area (Å²) in [6, 6.07) is 14.5. The van der Waals surface area contributed by atoms with Gasteiger partial charge in [-0.15, -0.1) is 11.3 Å². The highest BCUT2D eigenvalue weighted by atomic mass is 32.1. The van der Waals surface area contributed by atoms with Gasteiger partial charge in [0, 0.05) is 0 Å². The maximum Gasteiger partial charge on any atom is 0.263 e. The van der Waals surface area contributed by atoms with Crippen LogP contribution in [0.2, 0.25) is 0 Å². The van der Waals surface area contributed by atoms with Crippen molar-refractivity contribution in [2.75, 3.05) is 0 Å². The van der Waals surface area contributed by atoms with Gasteiger partial charge in [-0.2, -0.15) is 0 Å². The average Bonchev–Trinajstić information content (AvgIpc) is 2.93. The van der Waals surface area contributed by atoms with Gasteiger partial charge in [-0.25, -0.2) is 4.98 Å². The zero-order valence-corrected chi connectivity index (χ0v) is 12.8. The molecule has 0 bridgehead atoms. The number of carbonyl (C=O) groups excluding carboxylic acids is 1. The third-order valence-electron chi connectivity index (χ3n) is 3.47. The Labute approximate surface area is 127 Å². The summed E-state index contributed by atoms with van der Waals surface area (Å²) < 4.78 is 0. The van der Waals surface area contributed by atoms with E-state index in [1.54, 1.807) is 6.20 Å². The summed E-state index contributed by atoms with van der Waals surface area (Å²) in [7, 11) is 0. The standard InChI is InChI=1S/C17H16N2OS/c1-11(19-17(20)16-10-18-12(2)21-16)14-8-7-13-5-3-4-6-15(13)9-14/h3-11H,1-2H3,(H,19,20)/t11-/m1/s1. The molecule has 0 spiro atoms. The normalized spacial score (nSPS) is 12.3. The van der Waals surface area contributed by atoms with E-state index in [1.165, 1.54) is 22.1 Å². The van der Waals surface area contributed by atoms with E-state index in [0.29, 0.717) is 4.88 Å². The average molecular weight is 296 g/mol. The highest BCUT2D eigenvalue weighted by molar-refractivity contribution is 7.13. The number of carbonyl (C=O) groups is 1. The molecule has 106 valence electrons. The minimum Gasteiger partial charge on any atom is -0.345 e. The van der Waals surface area contributed by atoms with Gasteiger partial charge in [0.2, 0.25) is 0 Å². The number of fused-ring (bicyclic) bond motifs is 1. The number of hydrogen-bond donors (Lipinski definition) is 1. The van der Waals surface area contributed by atoms with Crippen LogP contribution in [0.1, 0.15) is 33.2 Å². The number of aryl methyl sites for hydroxylation is 1. The lowest BCUT2D eigenvalue weighted by molar-refractivity contribution is 0.0944. The molecule has 1 heterocycles. The Balaban J connectivity index is 1.80. The van der Waals surface area contributed by atoms with Crippen LogP contribution in [0.3, 0.4) is 0 Å². The molecule has 2 aromatic carbocycles. The topological polar surface area (TPSA) is 42.0 Å². The maximum absolute atomic E-state index is 12.2. The third kappa shape index (κ3) is 2.95. The number of rotatable bonds is 3. The summed E-state index contributed by atoms with van der Waals surface area (Å²) in [5, 5.41) is 6.31. The molecule has 3 rings (SSSR count). The number of hydrogen-bond acceptors (Lipinski definition) is 3. The molecule has 1 aromatic heterocycles. The van der Waals surface area contributed by atoms with Crippen LogP contribution in [0.4, 0.5) is 0 Å². The largest absolute Gasteiger partial charge is 0.345 e. The van der Waals surface area contributed by atoms with E-state index in [-0.39, 0.29) is 11.9 Å². The van der Waals surface area contributed by atoms with Crippen molar-refractivity contribution in [3.63, 3.8) is 0 Å². The Hall–Kier alpha value is -2.20. The second-order valence-corrected chi connectivity index (χ2v) is 6.28. The van der Waals surface area contributed by atoms with E-state index < -0.39 is 0 Å². The first-order valence-electron chi connectivity index (χ1n) is 6.85. The second kappa shape index (κ2) is 5.66. The minimum atomic E-state index is -0.0683. The van der Waals surface area contributed by atoms with Crippen molar-refractivity contribution < 1.29 is 4.79 Å². The van der Waals surface area contributed by atoms with Crippen molar-refractivity contribution in [3.8, 4) is 0 Å². The molecule has 1 amide bonds. The van der Waals surface area contributed by atoms with Crippen LogP contribution in [0, 0.1) is 6.92 Å². The molecule has 0 saturated heterocycles. The lowest BCUT2D eigenvalue weighted by atomic mass is 10.0. The molecule has 21 heavy (non-hydrogen) atoms. The zero-order chi connectivity index (χ0) is 14.8. The van der Waals surface area contributed by atoms with E-state index >= 15 is 0 Å². The van der Waals surface area contributed by atoms with Crippen LogP contribution in [0.15, 0.2) is 48.7 Å². The van der Waals surface area contributed by atoms with E-state index in [0.717, 1.165) is 10.6 Å². The molecule has 0 aliphatic heterocycles. The van der Waals surface area contributed by atoms with Gasteiger partial charge < -0.3 is 5.32 Å². The molecular weight excluding hydrogens is 280 g/mol. The van der Waals surface area contributed by atoms with Gasteiger partial charge in [0.1, 0.15) is 4.88 Å². The van der Waals surface area contributed by atoms with E-state index in [4.69, 9.17) is 0 Å². The molecule has 3 aromatic rings. The minimum absolute atomic E-state index is 0.0375. The second-order valence-electron chi connectivity index (χ2n) is 5.05. The van der Waals surface area contributed by atoms with Crippen molar-refractivity contribution >= 4 is 28.0 Å². The summed E-state index contributed by atoms with van der Waals surface area (Å²) in [6.45, 7) is 3.89.